The largest absolute Gasteiger partial charge is 0.399 e. The van der Waals surface area contributed by atoms with Crippen molar-refractivity contribution < 1.29 is 14.0 Å². The molecule has 0 heterocycles. The Hall–Kier alpha value is -2.89. The first-order chi connectivity index (χ1) is 11.5. The molecule has 2 amide bonds. The molecule has 24 heavy (non-hydrogen) atoms. The summed E-state index contributed by atoms with van der Waals surface area (Å²) in [7, 11) is 0. The predicted molar refractivity (Wildman–Crippen MR) is 90.8 cm³/mol. The zero-order chi connectivity index (χ0) is 17.2. The molecule has 0 radical (unpaired) electrons. The lowest BCUT2D eigenvalue weighted by Gasteiger charge is -2.15. The summed E-state index contributed by atoms with van der Waals surface area (Å²) < 4.78 is 12.9. The number of halogens is 1. The fourth-order valence-corrected chi connectivity index (χ4v) is 2.51. The molecule has 0 atom stereocenters. The summed E-state index contributed by atoms with van der Waals surface area (Å²) in [6.07, 6.45) is 1.44. The van der Waals surface area contributed by atoms with E-state index in [1.165, 1.54) is 24.3 Å². The second-order valence-corrected chi connectivity index (χ2v) is 6.09. The zero-order valence-corrected chi connectivity index (χ0v) is 13.0. The van der Waals surface area contributed by atoms with Crippen molar-refractivity contribution >= 4 is 28.9 Å². The normalized spacial score (nSPS) is 14.7. The molecule has 1 aliphatic rings. The molecule has 4 N–H and O–H groups in total. The van der Waals surface area contributed by atoms with E-state index in [0.29, 0.717) is 29.9 Å². The van der Waals surface area contributed by atoms with Gasteiger partial charge >= 0.3 is 0 Å². The standard InChI is InChI=1S/C18H18FN3O2/c19-12-1-5-15(6-2-12)22-17(24)18(9-10-18)11-16(23)21-14-7-3-13(20)4-8-14/h1-8H,9-11,20H2,(H,21,23)(H,22,24). The third-order valence-electron chi connectivity index (χ3n) is 4.13. The fourth-order valence-electron chi connectivity index (χ4n) is 2.51. The van der Waals surface area contributed by atoms with E-state index >= 15 is 0 Å². The van der Waals surface area contributed by atoms with Crippen molar-refractivity contribution in [2.24, 2.45) is 5.41 Å². The molecule has 0 saturated heterocycles. The van der Waals surface area contributed by atoms with Crippen molar-refractivity contribution in [3.05, 3.63) is 54.3 Å². The molecule has 0 spiro atoms. The Bertz CT molecular complexity index is 753. The molecule has 0 aliphatic heterocycles. The van der Waals surface area contributed by atoms with E-state index in [2.05, 4.69) is 10.6 Å². The highest BCUT2D eigenvalue weighted by atomic mass is 19.1. The second-order valence-electron chi connectivity index (χ2n) is 6.09. The Morgan fingerprint density at radius 3 is 2.08 bits per heavy atom. The van der Waals surface area contributed by atoms with E-state index in [-0.39, 0.29) is 24.1 Å². The maximum absolute atomic E-state index is 12.9. The summed E-state index contributed by atoms with van der Waals surface area (Å²) in [5.41, 5.74) is 6.71. The molecule has 0 unspecified atom stereocenters. The minimum atomic E-state index is -0.674. The van der Waals surface area contributed by atoms with Crippen LogP contribution in [-0.4, -0.2) is 11.8 Å². The van der Waals surface area contributed by atoms with Gasteiger partial charge in [0.25, 0.3) is 0 Å². The molecule has 0 aromatic heterocycles. The van der Waals surface area contributed by atoms with Crippen molar-refractivity contribution in [3.63, 3.8) is 0 Å². The summed E-state index contributed by atoms with van der Waals surface area (Å²) in [5.74, 6) is -0.787. The predicted octanol–water partition coefficient (Wildman–Crippen LogP) is 3.16. The summed E-state index contributed by atoms with van der Waals surface area (Å²) in [6, 6.07) is 12.4. The Morgan fingerprint density at radius 2 is 1.50 bits per heavy atom. The van der Waals surface area contributed by atoms with Gasteiger partial charge in [-0.2, -0.15) is 0 Å². The van der Waals surface area contributed by atoms with Crippen LogP contribution in [0.3, 0.4) is 0 Å². The van der Waals surface area contributed by atoms with E-state index < -0.39 is 5.41 Å². The molecule has 1 saturated carbocycles. The first-order valence-electron chi connectivity index (χ1n) is 7.69. The van der Waals surface area contributed by atoms with Gasteiger partial charge in [-0.3, -0.25) is 9.59 Å². The average molecular weight is 327 g/mol. The summed E-state index contributed by atoms with van der Waals surface area (Å²) in [5, 5.41) is 5.51. The average Bonchev–Trinajstić information content (AvgIpc) is 3.32. The lowest BCUT2D eigenvalue weighted by atomic mass is 10.0. The van der Waals surface area contributed by atoms with E-state index in [1.54, 1.807) is 24.3 Å². The number of rotatable bonds is 5. The van der Waals surface area contributed by atoms with Crippen LogP contribution in [0.1, 0.15) is 19.3 Å². The Morgan fingerprint density at radius 1 is 0.958 bits per heavy atom. The molecule has 2 aromatic rings. The number of benzene rings is 2. The zero-order valence-electron chi connectivity index (χ0n) is 13.0. The van der Waals surface area contributed by atoms with Crippen molar-refractivity contribution in [2.75, 3.05) is 16.4 Å². The van der Waals surface area contributed by atoms with E-state index in [9.17, 15) is 14.0 Å². The molecule has 3 rings (SSSR count). The van der Waals surface area contributed by atoms with Crippen LogP contribution in [-0.2, 0) is 9.59 Å². The molecule has 6 heteroatoms. The number of hydrogen-bond acceptors (Lipinski definition) is 3. The van der Waals surface area contributed by atoms with Crippen LogP contribution >= 0.6 is 0 Å². The van der Waals surface area contributed by atoms with Gasteiger partial charge in [-0.1, -0.05) is 0 Å². The number of carbonyl (C=O) groups is 2. The SMILES string of the molecule is Nc1ccc(NC(=O)CC2(C(=O)Nc3ccc(F)cc3)CC2)cc1. The van der Waals surface area contributed by atoms with Gasteiger partial charge in [-0.15, -0.1) is 0 Å². The number of nitrogens with one attached hydrogen (secondary N) is 2. The topological polar surface area (TPSA) is 84.2 Å². The van der Waals surface area contributed by atoms with Crippen LogP contribution in [0.2, 0.25) is 0 Å². The highest BCUT2D eigenvalue weighted by Gasteiger charge is 2.51. The van der Waals surface area contributed by atoms with Gasteiger partial charge in [0, 0.05) is 23.5 Å². The minimum absolute atomic E-state index is 0.115. The van der Waals surface area contributed by atoms with Gasteiger partial charge < -0.3 is 16.4 Å². The van der Waals surface area contributed by atoms with Crippen LogP contribution in [0.4, 0.5) is 21.5 Å². The second kappa shape index (κ2) is 6.31. The maximum atomic E-state index is 12.9. The van der Waals surface area contributed by atoms with Crippen LogP contribution in [0, 0.1) is 11.2 Å². The van der Waals surface area contributed by atoms with Crippen molar-refractivity contribution in [1.29, 1.82) is 0 Å². The molecule has 124 valence electrons. The number of amides is 2. The molecule has 1 aliphatic carbocycles. The van der Waals surface area contributed by atoms with Gasteiger partial charge in [0.05, 0.1) is 5.41 Å². The molecule has 0 bridgehead atoms. The molecule has 1 fully saturated rings. The third-order valence-corrected chi connectivity index (χ3v) is 4.13. The van der Waals surface area contributed by atoms with Crippen molar-refractivity contribution in [1.82, 2.24) is 0 Å². The van der Waals surface area contributed by atoms with Gasteiger partial charge in [-0.25, -0.2) is 4.39 Å². The summed E-state index contributed by atoms with van der Waals surface area (Å²) >= 11 is 0. The Labute approximate surface area is 139 Å². The Kier molecular flexibility index (Phi) is 4.20. The lowest BCUT2D eigenvalue weighted by Crippen LogP contribution is -2.28. The molecular weight excluding hydrogens is 309 g/mol. The minimum Gasteiger partial charge on any atom is -0.399 e. The van der Waals surface area contributed by atoms with Gasteiger partial charge in [0.2, 0.25) is 11.8 Å². The van der Waals surface area contributed by atoms with Crippen LogP contribution < -0.4 is 16.4 Å². The first kappa shape index (κ1) is 16.0. The molecule has 2 aromatic carbocycles. The van der Waals surface area contributed by atoms with Crippen molar-refractivity contribution in [2.45, 2.75) is 19.3 Å². The summed E-state index contributed by atoms with van der Waals surface area (Å²) in [6.45, 7) is 0. The van der Waals surface area contributed by atoms with E-state index in [1.807, 2.05) is 0 Å². The first-order valence-corrected chi connectivity index (χ1v) is 7.69. The highest BCUT2D eigenvalue weighted by Crippen LogP contribution is 2.49. The maximum Gasteiger partial charge on any atom is 0.231 e. The molecular formula is C18H18FN3O2. The highest BCUT2D eigenvalue weighted by molar-refractivity contribution is 6.02. The molecule has 5 nitrogen and oxygen atoms in total. The fraction of sp³-hybridized carbons (Fsp3) is 0.222. The van der Waals surface area contributed by atoms with Gasteiger partial charge in [0.15, 0.2) is 0 Å². The van der Waals surface area contributed by atoms with E-state index in [0.717, 1.165) is 0 Å². The number of hydrogen-bond donors (Lipinski definition) is 3. The quantitative estimate of drug-likeness (QED) is 0.738. The number of nitrogen functional groups attached to an aromatic ring is 1. The Balaban J connectivity index is 1.59. The van der Waals surface area contributed by atoms with Gasteiger partial charge in [-0.05, 0) is 61.4 Å². The third kappa shape index (κ3) is 3.71. The lowest BCUT2D eigenvalue weighted by molar-refractivity contribution is -0.126. The van der Waals surface area contributed by atoms with Crippen LogP contribution in [0.15, 0.2) is 48.5 Å². The van der Waals surface area contributed by atoms with Crippen molar-refractivity contribution in [3.8, 4) is 0 Å². The van der Waals surface area contributed by atoms with Gasteiger partial charge in [0.1, 0.15) is 5.82 Å². The summed E-state index contributed by atoms with van der Waals surface area (Å²) in [4.78, 5) is 24.6. The number of nitrogens with two attached hydrogens (primary N) is 1. The smallest absolute Gasteiger partial charge is 0.231 e. The van der Waals surface area contributed by atoms with E-state index in [4.69, 9.17) is 5.73 Å². The monoisotopic (exact) mass is 327 g/mol. The van der Waals surface area contributed by atoms with Crippen LogP contribution in [0.5, 0.6) is 0 Å². The van der Waals surface area contributed by atoms with Crippen LogP contribution in [0.25, 0.3) is 0 Å². The number of carbonyl (C=O) groups excluding carboxylic acids is 2. The number of anilines is 3.